The van der Waals surface area contributed by atoms with E-state index >= 15 is 0 Å². The van der Waals surface area contributed by atoms with Crippen LogP contribution in [0.15, 0.2) is 23.6 Å². The minimum absolute atomic E-state index is 0.408. The monoisotopic (exact) mass is 178 g/mol. The Hall–Kier alpha value is -0.730. The van der Waals surface area contributed by atoms with Gasteiger partial charge in [0.1, 0.15) is 18.7 Å². The Morgan fingerprint density at radius 3 is 2.42 bits per heavy atom. The van der Waals surface area contributed by atoms with Gasteiger partial charge in [0.15, 0.2) is 0 Å². The molecule has 0 aliphatic rings. The maximum Gasteiger partial charge on any atom is 0.150 e. The summed E-state index contributed by atoms with van der Waals surface area (Å²) < 4.78 is 36.8. The molecule has 0 N–H and O–H groups in total. The molecule has 0 aliphatic heterocycles. The van der Waals surface area contributed by atoms with Gasteiger partial charge in [-0.25, -0.2) is 13.2 Å². The first kappa shape index (κ1) is 11.3. The number of rotatable bonds is 4. The average molecular weight is 178 g/mol. The third-order valence-corrected chi connectivity index (χ3v) is 1.51. The second-order valence-electron chi connectivity index (χ2n) is 2.35. The Balaban J connectivity index is 4.34. The summed E-state index contributed by atoms with van der Waals surface area (Å²) >= 11 is 0. The lowest BCUT2D eigenvalue weighted by atomic mass is 10.1. The van der Waals surface area contributed by atoms with Gasteiger partial charge in [0.2, 0.25) is 0 Å². The van der Waals surface area contributed by atoms with Gasteiger partial charge < -0.3 is 0 Å². The molecule has 70 valence electrons. The van der Waals surface area contributed by atoms with Gasteiger partial charge in [0.25, 0.3) is 0 Å². The number of hydrogen-bond acceptors (Lipinski definition) is 0. The Morgan fingerprint density at radius 2 is 2.08 bits per heavy atom. The van der Waals surface area contributed by atoms with Crippen LogP contribution in [0.1, 0.15) is 20.3 Å². The van der Waals surface area contributed by atoms with E-state index in [4.69, 9.17) is 0 Å². The second-order valence-corrected chi connectivity index (χ2v) is 2.35. The summed E-state index contributed by atoms with van der Waals surface area (Å²) in [5.41, 5.74) is 0.408. The third kappa shape index (κ3) is 3.60. The van der Waals surface area contributed by atoms with E-state index in [1.54, 1.807) is 19.9 Å². The molecule has 3 heteroatoms. The Kier molecular flexibility index (Phi) is 5.51. The van der Waals surface area contributed by atoms with Crippen LogP contribution in [0, 0.1) is 0 Å². The highest BCUT2D eigenvalue weighted by atomic mass is 19.2. The fraction of sp³-hybridized carbons (Fsp3) is 0.556. The number of alkyl halides is 2. The first-order valence-electron chi connectivity index (χ1n) is 3.88. The van der Waals surface area contributed by atoms with E-state index in [2.05, 4.69) is 0 Å². The minimum Gasteiger partial charge on any atom is -0.248 e. The van der Waals surface area contributed by atoms with Crippen molar-refractivity contribution in [3.8, 4) is 0 Å². The van der Waals surface area contributed by atoms with Gasteiger partial charge in [-0.15, -0.1) is 0 Å². The van der Waals surface area contributed by atoms with Gasteiger partial charge in [-0.1, -0.05) is 13.0 Å². The van der Waals surface area contributed by atoms with E-state index in [1.807, 2.05) is 0 Å². The quantitative estimate of drug-likeness (QED) is 0.578. The molecule has 0 radical (unpaired) electrons. The van der Waals surface area contributed by atoms with E-state index in [0.29, 0.717) is 18.1 Å². The smallest absolute Gasteiger partial charge is 0.150 e. The summed E-state index contributed by atoms with van der Waals surface area (Å²) in [5, 5.41) is 0. The van der Waals surface area contributed by atoms with Crippen LogP contribution in [0.5, 0.6) is 0 Å². The highest BCUT2D eigenvalue weighted by Gasteiger charge is 2.06. The summed E-state index contributed by atoms with van der Waals surface area (Å²) in [4.78, 5) is 0. The largest absolute Gasteiger partial charge is 0.248 e. The molecular weight excluding hydrogens is 165 g/mol. The topological polar surface area (TPSA) is 0 Å². The maximum absolute atomic E-state index is 12.9. The number of allylic oxidation sites excluding steroid dienone is 4. The molecule has 12 heavy (non-hydrogen) atoms. The molecule has 0 amide bonds. The highest BCUT2D eigenvalue weighted by Crippen LogP contribution is 2.16. The summed E-state index contributed by atoms with van der Waals surface area (Å²) in [6.45, 7) is 2.24. The van der Waals surface area contributed by atoms with Crippen molar-refractivity contribution in [1.82, 2.24) is 0 Å². The first-order chi connectivity index (χ1) is 5.65. The van der Waals surface area contributed by atoms with Gasteiger partial charge in [0.05, 0.1) is 0 Å². The highest BCUT2D eigenvalue weighted by molar-refractivity contribution is 5.25. The molecule has 0 fully saturated rings. The van der Waals surface area contributed by atoms with Gasteiger partial charge in [-0.3, -0.25) is 0 Å². The lowest BCUT2D eigenvalue weighted by molar-refractivity contribution is 0.306. The van der Waals surface area contributed by atoms with Crippen LogP contribution in [0.25, 0.3) is 0 Å². The van der Waals surface area contributed by atoms with Crippen LogP contribution in [-0.2, 0) is 0 Å². The minimum atomic E-state index is -1.83. The van der Waals surface area contributed by atoms with Crippen LogP contribution in [-0.4, -0.2) is 12.8 Å². The molecule has 1 atom stereocenters. The molecule has 0 aromatic rings. The van der Waals surface area contributed by atoms with E-state index in [1.165, 1.54) is 0 Å². The normalized spacial score (nSPS) is 16.4. The van der Waals surface area contributed by atoms with Crippen LogP contribution >= 0.6 is 0 Å². The molecule has 0 nitrogen and oxygen atoms in total. The second kappa shape index (κ2) is 5.86. The molecule has 1 unspecified atom stereocenters. The van der Waals surface area contributed by atoms with E-state index in [-0.39, 0.29) is 0 Å². The van der Waals surface area contributed by atoms with Gasteiger partial charge >= 0.3 is 0 Å². The van der Waals surface area contributed by atoms with Crippen LogP contribution < -0.4 is 0 Å². The van der Waals surface area contributed by atoms with Gasteiger partial charge in [-0.2, -0.15) is 0 Å². The molecule has 0 aromatic carbocycles. The molecule has 0 bridgehead atoms. The van der Waals surface area contributed by atoms with Crippen molar-refractivity contribution in [3.63, 3.8) is 0 Å². The lowest BCUT2D eigenvalue weighted by Gasteiger charge is -2.01. The fourth-order valence-electron chi connectivity index (χ4n) is 0.821. The molecule has 0 heterocycles. The molecule has 0 aromatic heterocycles. The molecule has 0 saturated heterocycles. The first-order valence-corrected chi connectivity index (χ1v) is 3.88. The summed E-state index contributed by atoms with van der Waals surface area (Å²) in [5.74, 6) is -0.662. The van der Waals surface area contributed by atoms with Crippen LogP contribution in [0.4, 0.5) is 13.2 Å². The maximum atomic E-state index is 12.9. The Labute approximate surface area is 70.8 Å². The van der Waals surface area contributed by atoms with E-state index in [0.717, 1.165) is 0 Å². The molecule has 0 aliphatic carbocycles. The number of halogens is 3. The average Bonchev–Trinajstić information content (AvgIpc) is 2.06. The Morgan fingerprint density at radius 1 is 1.50 bits per heavy atom. The third-order valence-electron chi connectivity index (χ3n) is 1.51. The van der Waals surface area contributed by atoms with Crippen molar-refractivity contribution in [3.05, 3.63) is 23.6 Å². The van der Waals surface area contributed by atoms with Crippen molar-refractivity contribution >= 4 is 0 Å². The van der Waals surface area contributed by atoms with E-state index < -0.39 is 18.7 Å². The van der Waals surface area contributed by atoms with Gasteiger partial charge in [0, 0.05) is 0 Å². The van der Waals surface area contributed by atoms with Crippen molar-refractivity contribution in [2.75, 3.05) is 6.67 Å². The standard InChI is InChI=1S/C9H13F3/c1-3-7(4-2)9(12)5-8(11)6-10/h3,5,8H,4,6H2,1-2H3/b7-3-,9-5+. The molecule has 0 spiro atoms. The molecule has 0 saturated carbocycles. The van der Waals surface area contributed by atoms with Crippen molar-refractivity contribution in [2.24, 2.45) is 0 Å². The summed E-state index contributed by atoms with van der Waals surface area (Å²) in [7, 11) is 0. The zero-order valence-corrected chi connectivity index (χ0v) is 7.28. The summed E-state index contributed by atoms with van der Waals surface area (Å²) in [6.07, 6.45) is 0.875. The van der Waals surface area contributed by atoms with Crippen LogP contribution in [0.2, 0.25) is 0 Å². The number of hydrogen-bond donors (Lipinski definition) is 0. The lowest BCUT2D eigenvalue weighted by Crippen LogP contribution is -1.98. The van der Waals surface area contributed by atoms with Crippen molar-refractivity contribution in [1.29, 1.82) is 0 Å². The zero-order valence-electron chi connectivity index (χ0n) is 7.28. The van der Waals surface area contributed by atoms with Crippen LogP contribution in [0.3, 0.4) is 0 Å². The summed E-state index contributed by atoms with van der Waals surface area (Å²) in [6, 6.07) is 0. The predicted octanol–water partition coefficient (Wildman–Crippen LogP) is 3.50. The van der Waals surface area contributed by atoms with E-state index in [9.17, 15) is 13.2 Å². The predicted molar refractivity (Wildman–Crippen MR) is 44.1 cm³/mol. The zero-order chi connectivity index (χ0) is 9.56. The van der Waals surface area contributed by atoms with Crippen molar-refractivity contribution < 1.29 is 13.2 Å². The van der Waals surface area contributed by atoms with Gasteiger partial charge in [-0.05, 0) is 25.0 Å². The molecular formula is C9H13F3. The SMILES string of the molecule is C/C=C(CC)\C(F)=C/C(F)CF. The van der Waals surface area contributed by atoms with Crippen molar-refractivity contribution in [2.45, 2.75) is 26.4 Å². The molecule has 0 rings (SSSR count). The fourth-order valence-corrected chi connectivity index (χ4v) is 0.821. The Bertz CT molecular complexity index is 182.